The molecule has 0 radical (unpaired) electrons. The van der Waals surface area contributed by atoms with Gasteiger partial charge in [0.25, 0.3) is 5.91 Å². The van der Waals surface area contributed by atoms with Gasteiger partial charge in [-0.15, -0.1) is 0 Å². The lowest BCUT2D eigenvalue weighted by atomic mass is 10.1. The normalized spacial score (nSPS) is 10.8. The largest absolute Gasteiger partial charge is 0.298 e. The zero-order chi connectivity index (χ0) is 16.8. The third-order valence-electron chi connectivity index (χ3n) is 3.58. The summed E-state index contributed by atoms with van der Waals surface area (Å²) in [5, 5.41) is 9.00. The molecule has 0 unspecified atom stereocenters. The Bertz CT molecular complexity index is 786. The second-order valence-electron chi connectivity index (χ2n) is 5.65. The maximum atomic E-state index is 12.2. The molecule has 6 heteroatoms. The van der Waals surface area contributed by atoms with Crippen LogP contribution in [0.3, 0.4) is 0 Å². The Balaban J connectivity index is 1.63. The fourth-order valence-corrected chi connectivity index (χ4v) is 2.52. The number of hydrogen-bond donors (Lipinski definition) is 2. The van der Waals surface area contributed by atoms with Gasteiger partial charge >= 0.3 is 0 Å². The van der Waals surface area contributed by atoms with E-state index in [4.69, 9.17) is 0 Å². The van der Waals surface area contributed by atoms with Crippen molar-refractivity contribution in [2.45, 2.75) is 13.1 Å². The summed E-state index contributed by atoms with van der Waals surface area (Å²) >= 11 is 0. The van der Waals surface area contributed by atoms with Crippen LogP contribution in [0.5, 0.6) is 0 Å². The number of aromatic nitrogens is 3. The molecule has 0 saturated heterocycles. The van der Waals surface area contributed by atoms with Crippen LogP contribution in [0.4, 0.5) is 5.95 Å². The molecular formula is C18H19N5O. The lowest BCUT2D eigenvalue weighted by molar-refractivity contribution is 0.102. The Morgan fingerprint density at radius 2 is 1.83 bits per heavy atom. The van der Waals surface area contributed by atoms with E-state index in [0.29, 0.717) is 11.5 Å². The molecule has 122 valence electrons. The zero-order valence-electron chi connectivity index (χ0n) is 13.4. The Morgan fingerprint density at radius 3 is 2.58 bits per heavy atom. The van der Waals surface area contributed by atoms with Crippen molar-refractivity contribution in [3.05, 3.63) is 77.6 Å². The third-order valence-corrected chi connectivity index (χ3v) is 3.58. The molecule has 3 aromatic rings. The summed E-state index contributed by atoms with van der Waals surface area (Å²) in [5.74, 6) is 0.130. The van der Waals surface area contributed by atoms with Crippen molar-refractivity contribution in [2.75, 3.05) is 12.4 Å². The Hall–Kier alpha value is -2.99. The van der Waals surface area contributed by atoms with Crippen LogP contribution in [-0.4, -0.2) is 33.0 Å². The Kier molecular flexibility index (Phi) is 4.98. The molecule has 24 heavy (non-hydrogen) atoms. The van der Waals surface area contributed by atoms with Gasteiger partial charge in [0.2, 0.25) is 5.95 Å². The van der Waals surface area contributed by atoms with Crippen molar-refractivity contribution in [2.24, 2.45) is 0 Å². The molecule has 0 aliphatic heterocycles. The van der Waals surface area contributed by atoms with Crippen molar-refractivity contribution in [1.82, 2.24) is 20.1 Å². The number of rotatable bonds is 6. The van der Waals surface area contributed by atoms with Crippen LogP contribution in [-0.2, 0) is 13.1 Å². The van der Waals surface area contributed by atoms with Crippen LogP contribution >= 0.6 is 0 Å². The van der Waals surface area contributed by atoms with Crippen LogP contribution < -0.4 is 5.32 Å². The highest BCUT2D eigenvalue weighted by Gasteiger charge is 2.09. The van der Waals surface area contributed by atoms with E-state index in [1.165, 1.54) is 11.9 Å². The number of carbonyl (C=O) groups excluding carboxylic acids is 1. The van der Waals surface area contributed by atoms with E-state index in [-0.39, 0.29) is 5.91 Å². The lowest BCUT2D eigenvalue weighted by Crippen LogP contribution is -2.18. The first kappa shape index (κ1) is 15.9. The summed E-state index contributed by atoms with van der Waals surface area (Å²) in [6.07, 6.45) is 1.35. The standard InChI is InChI=1S/C18H19N5O/c1-23(11-14-6-3-2-4-7-14)12-15-8-5-9-16(10-15)17(24)21-18-19-13-20-22-18/h2-10,13H,11-12H2,1H3,(H2,19,20,21,22,24). The molecule has 0 bridgehead atoms. The molecule has 0 spiro atoms. The Labute approximate surface area is 140 Å². The summed E-state index contributed by atoms with van der Waals surface area (Å²) in [7, 11) is 2.06. The maximum Gasteiger partial charge on any atom is 0.258 e. The van der Waals surface area contributed by atoms with Gasteiger partial charge in [-0.05, 0) is 30.3 Å². The summed E-state index contributed by atoms with van der Waals surface area (Å²) in [6, 6.07) is 17.9. The minimum atomic E-state index is -0.209. The van der Waals surface area contributed by atoms with Crippen LogP contribution in [0.1, 0.15) is 21.5 Å². The summed E-state index contributed by atoms with van der Waals surface area (Å²) < 4.78 is 0. The first-order valence-electron chi connectivity index (χ1n) is 7.69. The number of aromatic amines is 1. The number of carbonyl (C=O) groups is 1. The van der Waals surface area contributed by atoms with E-state index in [2.05, 4.69) is 44.6 Å². The summed E-state index contributed by atoms with van der Waals surface area (Å²) in [5.41, 5.74) is 2.94. The van der Waals surface area contributed by atoms with Gasteiger partial charge in [0.05, 0.1) is 0 Å². The number of nitrogens with zero attached hydrogens (tertiary/aromatic N) is 3. The van der Waals surface area contributed by atoms with Crippen LogP contribution in [0.25, 0.3) is 0 Å². The first-order valence-corrected chi connectivity index (χ1v) is 7.69. The predicted molar refractivity (Wildman–Crippen MR) is 92.4 cm³/mol. The molecule has 0 fully saturated rings. The lowest BCUT2D eigenvalue weighted by Gasteiger charge is -2.17. The van der Waals surface area contributed by atoms with Crippen LogP contribution in [0, 0.1) is 0 Å². The number of benzene rings is 2. The summed E-state index contributed by atoms with van der Waals surface area (Å²) in [6.45, 7) is 1.62. The van der Waals surface area contributed by atoms with E-state index in [1.807, 2.05) is 36.4 Å². The van der Waals surface area contributed by atoms with Crippen molar-refractivity contribution < 1.29 is 4.79 Å². The number of hydrogen-bond acceptors (Lipinski definition) is 4. The maximum absolute atomic E-state index is 12.2. The van der Waals surface area contributed by atoms with E-state index < -0.39 is 0 Å². The molecule has 6 nitrogen and oxygen atoms in total. The van der Waals surface area contributed by atoms with Gasteiger partial charge in [0, 0.05) is 18.7 Å². The first-order chi connectivity index (χ1) is 11.7. The van der Waals surface area contributed by atoms with Gasteiger partial charge in [-0.25, -0.2) is 5.10 Å². The fourth-order valence-electron chi connectivity index (χ4n) is 2.52. The van der Waals surface area contributed by atoms with Crippen molar-refractivity contribution in [3.63, 3.8) is 0 Å². The molecule has 0 aliphatic carbocycles. The van der Waals surface area contributed by atoms with Crippen LogP contribution in [0.2, 0.25) is 0 Å². The highest BCUT2D eigenvalue weighted by atomic mass is 16.1. The van der Waals surface area contributed by atoms with Gasteiger partial charge in [0.15, 0.2) is 0 Å². The second kappa shape index (κ2) is 7.52. The highest BCUT2D eigenvalue weighted by molar-refractivity contribution is 6.03. The molecule has 1 heterocycles. The third kappa shape index (κ3) is 4.27. The topological polar surface area (TPSA) is 73.9 Å². The monoisotopic (exact) mass is 321 g/mol. The van der Waals surface area contributed by atoms with E-state index >= 15 is 0 Å². The van der Waals surface area contributed by atoms with Gasteiger partial charge in [-0.2, -0.15) is 10.1 Å². The molecule has 0 atom stereocenters. The summed E-state index contributed by atoms with van der Waals surface area (Å²) in [4.78, 5) is 18.3. The number of anilines is 1. The van der Waals surface area contributed by atoms with Crippen molar-refractivity contribution in [1.29, 1.82) is 0 Å². The second-order valence-corrected chi connectivity index (χ2v) is 5.65. The minimum Gasteiger partial charge on any atom is -0.298 e. The molecule has 1 aromatic heterocycles. The number of amides is 1. The highest BCUT2D eigenvalue weighted by Crippen LogP contribution is 2.11. The number of H-pyrrole nitrogens is 1. The molecule has 2 aromatic carbocycles. The quantitative estimate of drug-likeness (QED) is 0.732. The Morgan fingerprint density at radius 1 is 1.08 bits per heavy atom. The van der Waals surface area contributed by atoms with Crippen molar-refractivity contribution in [3.8, 4) is 0 Å². The van der Waals surface area contributed by atoms with Crippen LogP contribution in [0.15, 0.2) is 60.9 Å². The van der Waals surface area contributed by atoms with Crippen molar-refractivity contribution >= 4 is 11.9 Å². The zero-order valence-corrected chi connectivity index (χ0v) is 13.4. The average Bonchev–Trinajstić information content (AvgIpc) is 3.09. The molecule has 3 rings (SSSR count). The average molecular weight is 321 g/mol. The fraction of sp³-hybridized carbons (Fsp3) is 0.167. The van der Waals surface area contributed by atoms with E-state index in [1.54, 1.807) is 6.07 Å². The minimum absolute atomic E-state index is 0.209. The molecule has 0 saturated carbocycles. The van der Waals surface area contributed by atoms with Gasteiger partial charge in [-0.3, -0.25) is 15.0 Å². The SMILES string of the molecule is CN(Cc1ccccc1)Cc1cccc(C(=O)Nc2ncn[nH]2)c1. The predicted octanol–water partition coefficient (Wildman–Crippen LogP) is 2.69. The van der Waals surface area contributed by atoms with Gasteiger partial charge < -0.3 is 0 Å². The number of nitrogens with one attached hydrogen (secondary N) is 2. The molecule has 2 N–H and O–H groups in total. The van der Waals surface area contributed by atoms with E-state index in [0.717, 1.165) is 18.7 Å². The molecule has 1 amide bonds. The van der Waals surface area contributed by atoms with E-state index in [9.17, 15) is 4.79 Å². The van der Waals surface area contributed by atoms with Gasteiger partial charge in [-0.1, -0.05) is 42.5 Å². The smallest absolute Gasteiger partial charge is 0.258 e. The molecular weight excluding hydrogens is 302 g/mol. The van der Waals surface area contributed by atoms with Gasteiger partial charge in [0.1, 0.15) is 6.33 Å². The molecule has 0 aliphatic rings.